The summed E-state index contributed by atoms with van der Waals surface area (Å²) >= 11 is 0. The van der Waals surface area contributed by atoms with Crippen LogP contribution in [-0.2, 0) is 15.8 Å². The van der Waals surface area contributed by atoms with Crippen molar-refractivity contribution >= 4 is 20.9 Å². The number of hydrogen-bond acceptors (Lipinski definition) is 3. The molecule has 78 valence electrons. The first-order valence-corrected chi connectivity index (χ1v) is 6.11. The van der Waals surface area contributed by atoms with Crippen LogP contribution in [0.3, 0.4) is 0 Å². The second-order valence-corrected chi connectivity index (χ2v) is 4.91. The highest BCUT2D eigenvalue weighted by Crippen LogP contribution is 2.17. The molecule has 5 heteroatoms. The number of nitrogens with zero attached hydrogens (tertiary/aromatic N) is 1. The summed E-state index contributed by atoms with van der Waals surface area (Å²) < 4.78 is 22.0. The Bertz CT molecular complexity index is 588. The van der Waals surface area contributed by atoms with Gasteiger partial charge in [0.2, 0.25) is 10.0 Å². The van der Waals surface area contributed by atoms with Gasteiger partial charge in [-0.15, -0.1) is 0 Å². The fraction of sp³-hybridized carbons (Fsp3) is 0.100. The number of pyridine rings is 1. The van der Waals surface area contributed by atoms with E-state index in [1.54, 1.807) is 24.4 Å². The third kappa shape index (κ3) is 2.31. The number of hydrogen-bond donors (Lipinski definition) is 1. The lowest BCUT2D eigenvalue weighted by atomic mass is 10.1. The van der Waals surface area contributed by atoms with E-state index in [2.05, 4.69) is 4.98 Å². The van der Waals surface area contributed by atoms with Crippen molar-refractivity contribution in [1.82, 2.24) is 4.98 Å². The van der Waals surface area contributed by atoms with Crippen LogP contribution in [0.15, 0.2) is 36.5 Å². The Labute approximate surface area is 87.8 Å². The molecule has 15 heavy (non-hydrogen) atoms. The summed E-state index contributed by atoms with van der Waals surface area (Å²) in [7, 11) is -3.50. The van der Waals surface area contributed by atoms with E-state index in [-0.39, 0.29) is 5.75 Å². The molecule has 0 saturated carbocycles. The lowest BCUT2D eigenvalue weighted by Gasteiger charge is -2.03. The van der Waals surface area contributed by atoms with Gasteiger partial charge < -0.3 is 0 Å². The number of primary sulfonamides is 1. The molecule has 0 spiro atoms. The Morgan fingerprint density at radius 3 is 2.73 bits per heavy atom. The molecule has 0 bridgehead atoms. The second kappa shape index (κ2) is 3.60. The van der Waals surface area contributed by atoms with Gasteiger partial charge >= 0.3 is 0 Å². The Balaban J connectivity index is 2.61. The smallest absolute Gasteiger partial charge is 0.213 e. The molecule has 2 aromatic rings. The number of rotatable bonds is 2. The largest absolute Gasteiger partial charge is 0.256 e. The highest BCUT2D eigenvalue weighted by atomic mass is 32.2. The molecule has 0 unspecified atom stereocenters. The van der Waals surface area contributed by atoms with Crippen LogP contribution < -0.4 is 5.14 Å². The molecule has 1 aromatic carbocycles. The molecule has 0 radical (unpaired) electrons. The number of sulfonamides is 1. The standard InChI is InChI=1S/C10H10N2O2S/c11-15(13,14)7-8-3-1-5-10-9(8)4-2-6-12-10/h1-6H,7H2,(H2,11,13,14). The van der Waals surface area contributed by atoms with Gasteiger partial charge in [-0.1, -0.05) is 18.2 Å². The number of nitrogens with two attached hydrogens (primary N) is 1. The number of benzene rings is 1. The fourth-order valence-electron chi connectivity index (χ4n) is 1.51. The van der Waals surface area contributed by atoms with E-state index in [0.29, 0.717) is 5.56 Å². The van der Waals surface area contributed by atoms with E-state index in [9.17, 15) is 8.42 Å². The molecule has 0 aliphatic heterocycles. The number of fused-ring (bicyclic) bond motifs is 1. The minimum atomic E-state index is -3.50. The first kappa shape index (κ1) is 10.1. The van der Waals surface area contributed by atoms with Gasteiger partial charge in [0.05, 0.1) is 11.3 Å². The van der Waals surface area contributed by atoms with Crippen LogP contribution in [0.25, 0.3) is 10.9 Å². The first-order chi connectivity index (χ1) is 7.06. The average Bonchev–Trinajstić information content (AvgIpc) is 2.16. The molecule has 0 fully saturated rings. The molecule has 4 nitrogen and oxygen atoms in total. The van der Waals surface area contributed by atoms with Crippen molar-refractivity contribution in [2.75, 3.05) is 0 Å². The van der Waals surface area contributed by atoms with Gasteiger partial charge in [-0.3, -0.25) is 4.98 Å². The quantitative estimate of drug-likeness (QED) is 0.824. The number of aromatic nitrogens is 1. The summed E-state index contributed by atoms with van der Waals surface area (Å²) in [6.07, 6.45) is 1.67. The van der Waals surface area contributed by atoms with E-state index in [1.165, 1.54) is 0 Å². The molecule has 0 aliphatic rings. The van der Waals surface area contributed by atoms with Gasteiger partial charge in [0.25, 0.3) is 0 Å². The molecular formula is C10H10N2O2S. The zero-order valence-corrected chi connectivity index (χ0v) is 8.74. The summed E-state index contributed by atoms with van der Waals surface area (Å²) in [5.74, 6) is -0.157. The fourth-order valence-corrected chi connectivity index (χ4v) is 2.19. The van der Waals surface area contributed by atoms with Crippen LogP contribution >= 0.6 is 0 Å². The van der Waals surface area contributed by atoms with Crippen LogP contribution in [0, 0.1) is 0 Å². The van der Waals surface area contributed by atoms with Gasteiger partial charge in [-0.2, -0.15) is 0 Å². The van der Waals surface area contributed by atoms with Crippen LogP contribution in [0.1, 0.15) is 5.56 Å². The maximum Gasteiger partial charge on any atom is 0.213 e. The van der Waals surface area contributed by atoms with Gasteiger partial charge in [0.1, 0.15) is 0 Å². The SMILES string of the molecule is NS(=O)(=O)Cc1cccc2ncccc12. The maximum atomic E-state index is 11.0. The van der Waals surface area contributed by atoms with Gasteiger partial charge in [0.15, 0.2) is 0 Å². The first-order valence-electron chi connectivity index (χ1n) is 4.39. The van der Waals surface area contributed by atoms with Crippen molar-refractivity contribution in [2.45, 2.75) is 5.75 Å². The van der Waals surface area contributed by atoms with Gasteiger partial charge in [-0.25, -0.2) is 13.6 Å². The molecular weight excluding hydrogens is 212 g/mol. The summed E-state index contributed by atoms with van der Waals surface area (Å²) in [4.78, 5) is 4.14. The average molecular weight is 222 g/mol. The maximum absolute atomic E-state index is 11.0. The van der Waals surface area contributed by atoms with Crippen molar-refractivity contribution in [1.29, 1.82) is 0 Å². The molecule has 1 aromatic heterocycles. The zero-order valence-electron chi connectivity index (χ0n) is 7.92. The van der Waals surface area contributed by atoms with Crippen molar-refractivity contribution in [3.8, 4) is 0 Å². The van der Waals surface area contributed by atoms with E-state index in [1.807, 2.05) is 12.1 Å². The second-order valence-electron chi connectivity index (χ2n) is 3.29. The van der Waals surface area contributed by atoms with Crippen LogP contribution in [0.4, 0.5) is 0 Å². The van der Waals surface area contributed by atoms with Crippen molar-refractivity contribution in [3.63, 3.8) is 0 Å². The predicted molar refractivity (Wildman–Crippen MR) is 58.6 cm³/mol. The van der Waals surface area contributed by atoms with E-state index in [0.717, 1.165) is 10.9 Å². The molecule has 0 amide bonds. The van der Waals surface area contributed by atoms with Crippen molar-refractivity contribution < 1.29 is 8.42 Å². The third-order valence-corrected chi connectivity index (χ3v) is 2.81. The molecule has 2 N–H and O–H groups in total. The highest BCUT2D eigenvalue weighted by molar-refractivity contribution is 7.88. The normalized spacial score (nSPS) is 11.8. The Morgan fingerprint density at radius 1 is 1.20 bits per heavy atom. The van der Waals surface area contributed by atoms with Crippen molar-refractivity contribution in [2.24, 2.45) is 5.14 Å². The van der Waals surface area contributed by atoms with Crippen LogP contribution in [0.2, 0.25) is 0 Å². The summed E-state index contributed by atoms with van der Waals surface area (Å²) in [5.41, 5.74) is 1.46. The third-order valence-electron chi connectivity index (χ3n) is 2.09. The van der Waals surface area contributed by atoms with E-state index in [4.69, 9.17) is 5.14 Å². The highest BCUT2D eigenvalue weighted by Gasteiger charge is 2.08. The zero-order chi connectivity index (χ0) is 10.9. The summed E-state index contributed by atoms with van der Waals surface area (Å²) in [6.45, 7) is 0. The molecule has 0 atom stereocenters. The van der Waals surface area contributed by atoms with Gasteiger partial charge in [-0.05, 0) is 17.7 Å². The van der Waals surface area contributed by atoms with E-state index >= 15 is 0 Å². The van der Waals surface area contributed by atoms with Crippen LogP contribution in [-0.4, -0.2) is 13.4 Å². The van der Waals surface area contributed by atoms with Crippen molar-refractivity contribution in [3.05, 3.63) is 42.1 Å². The molecule has 0 aliphatic carbocycles. The lowest BCUT2D eigenvalue weighted by Crippen LogP contribution is -2.14. The summed E-state index contributed by atoms with van der Waals surface area (Å²) in [5, 5.41) is 5.84. The molecule has 0 saturated heterocycles. The molecule has 1 heterocycles. The van der Waals surface area contributed by atoms with E-state index < -0.39 is 10.0 Å². The Morgan fingerprint density at radius 2 is 2.00 bits per heavy atom. The minimum absolute atomic E-state index is 0.157. The monoisotopic (exact) mass is 222 g/mol. The summed E-state index contributed by atoms with van der Waals surface area (Å²) in [6, 6.07) is 8.96. The topological polar surface area (TPSA) is 73.1 Å². The lowest BCUT2D eigenvalue weighted by molar-refractivity contribution is 0.597. The predicted octanol–water partition coefficient (Wildman–Crippen LogP) is 1.02. The Kier molecular flexibility index (Phi) is 2.42. The minimum Gasteiger partial charge on any atom is -0.256 e. The molecule has 2 rings (SSSR count). The Hall–Kier alpha value is -1.46. The van der Waals surface area contributed by atoms with Gasteiger partial charge in [0, 0.05) is 11.6 Å². The van der Waals surface area contributed by atoms with Crippen LogP contribution in [0.5, 0.6) is 0 Å².